The number of nitrogens with two attached hydrogens (primary N) is 1. The molecule has 1 aromatic rings. The molecular weight excluding hydrogens is 198 g/mol. The van der Waals surface area contributed by atoms with Crippen LogP contribution >= 0.6 is 0 Å². The van der Waals surface area contributed by atoms with Gasteiger partial charge in [-0.15, -0.1) is 0 Å². The van der Waals surface area contributed by atoms with E-state index in [0.29, 0.717) is 6.61 Å². The SMILES string of the molecule is CC(C)=CCOc1ccc(CC(C)N)cc1. The molecule has 0 saturated heterocycles. The highest BCUT2D eigenvalue weighted by atomic mass is 16.5. The van der Waals surface area contributed by atoms with Crippen LogP contribution in [0.2, 0.25) is 0 Å². The minimum atomic E-state index is 0.206. The number of hydrogen-bond acceptors (Lipinski definition) is 2. The van der Waals surface area contributed by atoms with Gasteiger partial charge in [-0.1, -0.05) is 17.7 Å². The third-order valence-electron chi connectivity index (χ3n) is 2.22. The average molecular weight is 219 g/mol. The lowest BCUT2D eigenvalue weighted by Gasteiger charge is -2.07. The minimum absolute atomic E-state index is 0.206. The maximum absolute atomic E-state index is 5.74. The van der Waals surface area contributed by atoms with Crippen LogP contribution in [-0.2, 0) is 6.42 Å². The van der Waals surface area contributed by atoms with Gasteiger partial charge in [-0.2, -0.15) is 0 Å². The third kappa shape index (κ3) is 4.99. The van der Waals surface area contributed by atoms with Crippen LogP contribution in [0.5, 0.6) is 5.75 Å². The normalized spacial score (nSPS) is 12.0. The van der Waals surface area contributed by atoms with Crippen LogP contribution in [0.4, 0.5) is 0 Å². The standard InChI is InChI=1S/C14H21NO/c1-11(2)8-9-16-14-6-4-13(5-7-14)10-12(3)15/h4-8,12H,9-10,15H2,1-3H3. The third-order valence-corrected chi connectivity index (χ3v) is 2.22. The summed E-state index contributed by atoms with van der Waals surface area (Å²) in [5, 5.41) is 0. The van der Waals surface area contributed by atoms with Gasteiger partial charge >= 0.3 is 0 Å². The quantitative estimate of drug-likeness (QED) is 0.773. The minimum Gasteiger partial charge on any atom is -0.490 e. The van der Waals surface area contributed by atoms with E-state index in [1.54, 1.807) is 0 Å². The molecule has 0 radical (unpaired) electrons. The molecule has 1 atom stereocenters. The molecule has 0 heterocycles. The van der Waals surface area contributed by atoms with Crippen molar-refractivity contribution in [3.63, 3.8) is 0 Å². The molecule has 2 N–H and O–H groups in total. The molecule has 1 unspecified atom stereocenters. The Kier molecular flexibility index (Phi) is 5.06. The van der Waals surface area contributed by atoms with Gasteiger partial charge in [-0.3, -0.25) is 0 Å². The van der Waals surface area contributed by atoms with E-state index in [2.05, 4.69) is 32.1 Å². The summed E-state index contributed by atoms with van der Waals surface area (Å²) in [6, 6.07) is 8.34. The van der Waals surface area contributed by atoms with Gasteiger partial charge in [0.25, 0.3) is 0 Å². The van der Waals surface area contributed by atoms with Crippen LogP contribution in [0.1, 0.15) is 26.3 Å². The van der Waals surface area contributed by atoms with Crippen molar-refractivity contribution in [2.45, 2.75) is 33.2 Å². The van der Waals surface area contributed by atoms with Crippen LogP contribution in [0, 0.1) is 0 Å². The highest BCUT2D eigenvalue weighted by molar-refractivity contribution is 5.27. The first-order valence-electron chi connectivity index (χ1n) is 5.68. The average Bonchev–Trinajstić information content (AvgIpc) is 2.19. The lowest BCUT2D eigenvalue weighted by atomic mass is 10.1. The monoisotopic (exact) mass is 219 g/mol. The summed E-state index contributed by atoms with van der Waals surface area (Å²) >= 11 is 0. The predicted molar refractivity (Wildman–Crippen MR) is 68.7 cm³/mol. The Bertz CT molecular complexity index is 334. The van der Waals surface area contributed by atoms with E-state index >= 15 is 0 Å². The highest BCUT2D eigenvalue weighted by Crippen LogP contribution is 2.13. The maximum Gasteiger partial charge on any atom is 0.119 e. The highest BCUT2D eigenvalue weighted by Gasteiger charge is 1.98. The zero-order valence-corrected chi connectivity index (χ0v) is 10.4. The summed E-state index contributed by atoms with van der Waals surface area (Å²) in [4.78, 5) is 0. The molecule has 0 spiro atoms. The van der Waals surface area contributed by atoms with Gasteiger partial charge in [0.15, 0.2) is 0 Å². The lowest BCUT2D eigenvalue weighted by molar-refractivity contribution is 0.362. The van der Waals surface area contributed by atoms with E-state index in [4.69, 9.17) is 10.5 Å². The summed E-state index contributed by atoms with van der Waals surface area (Å²) in [6.45, 7) is 6.78. The van der Waals surface area contributed by atoms with E-state index in [1.807, 2.05) is 19.1 Å². The molecule has 0 amide bonds. The smallest absolute Gasteiger partial charge is 0.119 e. The van der Waals surface area contributed by atoms with Gasteiger partial charge in [0, 0.05) is 6.04 Å². The van der Waals surface area contributed by atoms with Gasteiger partial charge < -0.3 is 10.5 Å². The van der Waals surface area contributed by atoms with Crippen LogP contribution in [-0.4, -0.2) is 12.6 Å². The zero-order valence-electron chi connectivity index (χ0n) is 10.4. The molecule has 88 valence electrons. The number of rotatable bonds is 5. The van der Waals surface area contributed by atoms with E-state index < -0.39 is 0 Å². The molecule has 1 rings (SSSR count). The van der Waals surface area contributed by atoms with Crippen molar-refractivity contribution >= 4 is 0 Å². The van der Waals surface area contributed by atoms with Crippen molar-refractivity contribution in [2.75, 3.05) is 6.61 Å². The second-order valence-corrected chi connectivity index (χ2v) is 4.42. The first-order chi connectivity index (χ1) is 7.58. The number of hydrogen-bond donors (Lipinski definition) is 1. The van der Waals surface area contributed by atoms with Crippen LogP contribution in [0.3, 0.4) is 0 Å². The molecule has 0 aromatic heterocycles. The first-order valence-corrected chi connectivity index (χ1v) is 5.68. The van der Waals surface area contributed by atoms with Crippen molar-refractivity contribution in [3.05, 3.63) is 41.5 Å². The van der Waals surface area contributed by atoms with E-state index in [1.165, 1.54) is 11.1 Å². The molecule has 0 saturated carbocycles. The van der Waals surface area contributed by atoms with Crippen LogP contribution in [0.25, 0.3) is 0 Å². The summed E-state index contributed by atoms with van der Waals surface area (Å²) in [7, 11) is 0. The molecule has 0 aliphatic rings. The molecule has 1 aromatic carbocycles. The molecule has 0 aliphatic heterocycles. The van der Waals surface area contributed by atoms with Crippen molar-refractivity contribution in [1.82, 2.24) is 0 Å². The van der Waals surface area contributed by atoms with Crippen LogP contribution < -0.4 is 10.5 Å². The Hall–Kier alpha value is -1.28. The molecule has 0 fully saturated rings. The zero-order chi connectivity index (χ0) is 12.0. The molecule has 2 heteroatoms. The number of benzene rings is 1. The Labute approximate surface area is 98.1 Å². The molecule has 0 bridgehead atoms. The van der Waals surface area contributed by atoms with Crippen molar-refractivity contribution in [1.29, 1.82) is 0 Å². The fraction of sp³-hybridized carbons (Fsp3) is 0.429. The van der Waals surface area contributed by atoms with Gasteiger partial charge in [0.1, 0.15) is 12.4 Å². The second kappa shape index (κ2) is 6.33. The van der Waals surface area contributed by atoms with Crippen molar-refractivity contribution in [3.8, 4) is 5.75 Å². The van der Waals surface area contributed by atoms with Gasteiger partial charge in [0.05, 0.1) is 0 Å². The Balaban J connectivity index is 2.48. The topological polar surface area (TPSA) is 35.2 Å². The van der Waals surface area contributed by atoms with Crippen molar-refractivity contribution in [2.24, 2.45) is 5.73 Å². The van der Waals surface area contributed by atoms with Crippen LogP contribution in [0.15, 0.2) is 35.9 Å². The van der Waals surface area contributed by atoms with E-state index in [-0.39, 0.29) is 6.04 Å². The van der Waals surface area contributed by atoms with E-state index in [0.717, 1.165) is 12.2 Å². The summed E-state index contributed by atoms with van der Waals surface area (Å²) in [6.07, 6.45) is 2.98. The lowest BCUT2D eigenvalue weighted by Crippen LogP contribution is -2.17. The Morgan fingerprint density at radius 2 is 1.94 bits per heavy atom. The number of allylic oxidation sites excluding steroid dienone is 1. The summed E-state index contributed by atoms with van der Waals surface area (Å²) in [5.74, 6) is 0.908. The second-order valence-electron chi connectivity index (χ2n) is 4.42. The van der Waals surface area contributed by atoms with Gasteiger partial charge in [0.2, 0.25) is 0 Å². The largest absolute Gasteiger partial charge is 0.490 e. The fourth-order valence-electron chi connectivity index (χ4n) is 1.40. The summed E-state index contributed by atoms with van der Waals surface area (Å²) < 4.78 is 5.57. The Morgan fingerprint density at radius 3 is 2.44 bits per heavy atom. The summed E-state index contributed by atoms with van der Waals surface area (Å²) in [5.41, 5.74) is 8.26. The molecule has 16 heavy (non-hydrogen) atoms. The van der Waals surface area contributed by atoms with Crippen molar-refractivity contribution < 1.29 is 4.74 Å². The van der Waals surface area contributed by atoms with Gasteiger partial charge in [-0.25, -0.2) is 0 Å². The molecular formula is C14H21NO. The van der Waals surface area contributed by atoms with Gasteiger partial charge in [-0.05, 0) is 51.0 Å². The molecule has 2 nitrogen and oxygen atoms in total. The predicted octanol–water partition coefficient (Wildman–Crippen LogP) is 2.92. The fourth-order valence-corrected chi connectivity index (χ4v) is 1.40. The first kappa shape index (κ1) is 12.8. The Morgan fingerprint density at radius 1 is 1.31 bits per heavy atom. The maximum atomic E-state index is 5.74. The molecule has 0 aliphatic carbocycles. The van der Waals surface area contributed by atoms with E-state index in [9.17, 15) is 0 Å². The number of ether oxygens (including phenoxy) is 1.